The van der Waals surface area contributed by atoms with Crippen molar-refractivity contribution in [1.82, 2.24) is 10.2 Å². The van der Waals surface area contributed by atoms with Crippen LogP contribution in [0, 0.1) is 11.3 Å². The quantitative estimate of drug-likeness (QED) is 0.391. The molecule has 1 heterocycles. The zero-order chi connectivity index (χ0) is 29.4. The second-order valence-electron chi connectivity index (χ2n) is 12.9. The van der Waals surface area contributed by atoms with Gasteiger partial charge < -0.3 is 19.9 Å². The minimum absolute atomic E-state index is 0.189. The van der Waals surface area contributed by atoms with Crippen LogP contribution in [0.25, 0.3) is 0 Å². The van der Waals surface area contributed by atoms with Crippen molar-refractivity contribution in [2.45, 2.75) is 104 Å². The van der Waals surface area contributed by atoms with Gasteiger partial charge in [-0.25, -0.2) is 9.59 Å². The smallest absolute Gasteiger partial charge is 0.411 e. The summed E-state index contributed by atoms with van der Waals surface area (Å²) in [6, 6.07) is 10.5. The Labute approximate surface area is 239 Å². The van der Waals surface area contributed by atoms with Gasteiger partial charge in [-0.1, -0.05) is 65.0 Å². The topological polar surface area (TPSA) is 88.1 Å². The van der Waals surface area contributed by atoms with Crippen LogP contribution in [0.4, 0.5) is 4.79 Å². The monoisotopic (exact) mass is 550 g/mol. The molecule has 4 atom stereocenters. The summed E-state index contributed by atoms with van der Waals surface area (Å²) < 4.78 is 11.5. The van der Waals surface area contributed by atoms with E-state index in [1.165, 1.54) is 16.0 Å². The van der Waals surface area contributed by atoms with E-state index >= 15 is 0 Å². The highest BCUT2D eigenvalue weighted by Gasteiger charge is 2.59. The van der Waals surface area contributed by atoms with Crippen LogP contribution >= 0.6 is 0 Å². The molecule has 1 aliphatic heterocycles. The second kappa shape index (κ2) is 11.8. The Kier molecular flexibility index (Phi) is 8.83. The fraction of sp³-hybridized carbons (Fsp3) is 0.576. The Morgan fingerprint density at radius 2 is 1.73 bits per heavy atom. The summed E-state index contributed by atoms with van der Waals surface area (Å²) in [5.74, 6) is -0.389. The Bertz CT molecular complexity index is 1230. The number of aliphatic carboxylic acids is 1. The lowest BCUT2D eigenvalue weighted by atomic mass is 9.72. The number of fused-ring (bicyclic) bond motifs is 1. The van der Waals surface area contributed by atoms with Gasteiger partial charge in [0.2, 0.25) is 0 Å². The Morgan fingerprint density at radius 1 is 1.07 bits per heavy atom. The van der Waals surface area contributed by atoms with Gasteiger partial charge in [-0.15, -0.1) is 0 Å². The van der Waals surface area contributed by atoms with Crippen molar-refractivity contribution in [3.8, 4) is 5.75 Å². The number of likely N-dealkylation sites (tertiary alicyclic amines) is 1. The number of amides is 1. The van der Waals surface area contributed by atoms with Gasteiger partial charge in [-0.3, -0.25) is 4.90 Å². The molecule has 0 radical (unpaired) electrons. The molecule has 40 heavy (non-hydrogen) atoms. The van der Waals surface area contributed by atoms with E-state index in [1.807, 2.05) is 18.2 Å². The first kappa shape index (κ1) is 29.9. The summed E-state index contributed by atoms with van der Waals surface area (Å²) in [4.78, 5) is 28.3. The molecule has 2 aromatic rings. The molecule has 1 saturated heterocycles. The zero-order valence-electron chi connectivity index (χ0n) is 25.3. The number of nitrogens with one attached hydrogen (secondary N) is 1. The molecule has 0 bridgehead atoms. The van der Waals surface area contributed by atoms with Gasteiger partial charge in [-0.05, 0) is 72.8 Å². The summed E-state index contributed by atoms with van der Waals surface area (Å²) >= 11 is 0. The molecule has 1 amide bonds. The third-order valence-electron chi connectivity index (χ3n) is 8.43. The van der Waals surface area contributed by atoms with E-state index in [2.05, 4.69) is 58.1 Å². The van der Waals surface area contributed by atoms with Crippen LogP contribution in [0.1, 0.15) is 94.7 Å². The summed E-state index contributed by atoms with van der Waals surface area (Å²) in [7, 11) is 1.69. The maximum absolute atomic E-state index is 13.7. The molecular formula is C33H46N2O5. The number of carboxylic acids is 1. The number of carbonyl (C=O) groups excluding carboxylic acids is 1. The van der Waals surface area contributed by atoms with Crippen molar-refractivity contribution >= 4 is 12.1 Å². The van der Waals surface area contributed by atoms with Crippen LogP contribution in [0.2, 0.25) is 0 Å². The fourth-order valence-corrected chi connectivity index (χ4v) is 6.78. The molecule has 2 aliphatic rings. The molecule has 0 unspecified atom stereocenters. The highest BCUT2D eigenvalue weighted by molar-refractivity contribution is 5.82. The van der Waals surface area contributed by atoms with Gasteiger partial charge in [0.1, 0.15) is 11.8 Å². The Hall–Kier alpha value is -3.06. The van der Waals surface area contributed by atoms with Crippen LogP contribution in [0.5, 0.6) is 5.75 Å². The first-order valence-corrected chi connectivity index (χ1v) is 14.6. The number of methoxy groups -OCH3 is 1. The van der Waals surface area contributed by atoms with E-state index < -0.39 is 35.5 Å². The number of ether oxygens (including phenoxy) is 2. The van der Waals surface area contributed by atoms with Gasteiger partial charge in [0.25, 0.3) is 0 Å². The number of hydrogen-bond donors (Lipinski definition) is 2. The number of hydrogen-bond acceptors (Lipinski definition) is 5. The van der Waals surface area contributed by atoms with Gasteiger partial charge in [0.05, 0.1) is 19.3 Å². The van der Waals surface area contributed by atoms with Gasteiger partial charge >= 0.3 is 12.1 Å². The first-order valence-electron chi connectivity index (χ1n) is 14.6. The van der Waals surface area contributed by atoms with E-state index in [9.17, 15) is 14.7 Å². The predicted molar refractivity (Wildman–Crippen MR) is 157 cm³/mol. The van der Waals surface area contributed by atoms with E-state index in [-0.39, 0.29) is 18.1 Å². The standard InChI is InChI=1S/C33H46N2O5/c1-19(2)24-14-9-10-15-25(24)29-28(34-18-23-16-21-12-11-13-22(21)17-26(23)39-8)27(33(5,6)7)30(31(36)37)35(29)32(38)40-20(3)4/h9-10,14-17,19-20,27-30,34H,11-13,18H2,1-8H3,(H,36,37)/t27-,28-,29-,30-/m0/s1. The zero-order valence-corrected chi connectivity index (χ0v) is 25.3. The number of rotatable bonds is 8. The van der Waals surface area contributed by atoms with Crippen molar-refractivity contribution in [2.75, 3.05) is 7.11 Å². The van der Waals surface area contributed by atoms with Crippen molar-refractivity contribution < 1.29 is 24.2 Å². The average molecular weight is 551 g/mol. The highest BCUT2D eigenvalue weighted by Crippen LogP contribution is 2.49. The molecule has 2 N–H and O–H groups in total. The maximum atomic E-state index is 13.7. The molecule has 7 nitrogen and oxygen atoms in total. The number of benzene rings is 2. The lowest BCUT2D eigenvalue weighted by molar-refractivity contribution is -0.144. The Morgan fingerprint density at radius 3 is 2.30 bits per heavy atom. The molecule has 0 aromatic heterocycles. The van der Waals surface area contributed by atoms with Gasteiger partial charge in [-0.2, -0.15) is 0 Å². The molecule has 2 aromatic carbocycles. The van der Waals surface area contributed by atoms with Crippen molar-refractivity contribution in [1.29, 1.82) is 0 Å². The molecule has 1 fully saturated rings. The minimum Gasteiger partial charge on any atom is -0.496 e. The maximum Gasteiger partial charge on any atom is 0.411 e. The van der Waals surface area contributed by atoms with Crippen LogP contribution in [-0.4, -0.2) is 47.4 Å². The second-order valence-corrected chi connectivity index (χ2v) is 12.9. The van der Waals surface area contributed by atoms with Crippen LogP contribution in [0.3, 0.4) is 0 Å². The number of aryl methyl sites for hydroxylation is 2. The van der Waals surface area contributed by atoms with Crippen LogP contribution < -0.4 is 10.1 Å². The number of carbonyl (C=O) groups is 2. The Balaban J connectivity index is 1.86. The summed E-state index contributed by atoms with van der Waals surface area (Å²) in [6.07, 6.45) is 2.29. The van der Waals surface area contributed by atoms with Crippen LogP contribution in [0.15, 0.2) is 36.4 Å². The first-order chi connectivity index (χ1) is 18.8. The lowest BCUT2D eigenvalue weighted by Crippen LogP contribution is -2.48. The SMILES string of the molecule is COc1cc2c(cc1CN[C@H]1[C@H](C(C)(C)C)[C@@H](C(=O)O)N(C(=O)OC(C)C)[C@H]1c1ccccc1C(C)C)CCC2. The van der Waals surface area contributed by atoms with Crippen molar-refractivity contribution in [3.63, 3.8) is 0 Å². The normalized spacial score (nSPS) is 22.6. The molecule has 1 aliphatic carbocycles. The van der Waals surface area contributed by atoms with E-state index in [4.69, 9.17) is 9.47 Å². The lowest BCUT2D eigenvalue weighted by Gasteiger charge is -2.35. The molecule has 218 valence electrons. The van der Waals surface area contributed by atoms with Crippen molar-refractivity contribution in [3.05, 3.63) is 64.2 Å². The molecule has 0 saturated carbocycles. The third-order valence-corrected chi connectivity index (χ3v) is 8.43. The molecule has 0 spiro atoms. The highest BCUT2D eigenvalue weighted by atomic mass is 16.6. The van der Waals surface area contributed by atoms with E-state index in [1.54, 1.807) is 21.0 Å². The molecule has 7 heteroatoms. The summed E-state index contributed by atoms with van der Waals surface area (Å²) in [5, 5.41) is 14.4. The number of carboxylic acid groups (broad SMARTS) is 1. The summed E-state index contributed by atoms with van der Waals surface area (Å²) in [6.45, 7) is 14.5. The number of nitrogens with zero attached hydrogens (tertiary/aromatic N) is 1. The van der Waals surface area contributed by atoms with E-state index in [0.29, 0.717) is 6.54 Å². The molecular weight excluding hydrogens is 504 g/mol. The van der Waals surface area contributed by atoms with Crippen molar-refractivity contribution in [2.24, 2.45) is 11.3 Å². The summed E-state index contributed by atoms with van der Waals surface area (Å²) in [5.41, 5.74) is 5.35. The van der Waals surface area contributed by atoms with Gasteiger partial charge in [0, 0.05) is 24.1 Å². The predicted octanol–water partition coefficient (Wildman–Crippen LogP) is 6.48. The van der Waals surface area contributed by atoms with Crippen LogP contribution in [-0.2, 0) is 28.9 Å². The largest absolute Gasteiger partial charge is 0.496 e. The van der Waals surface area contributed by atoms with E-state index in [0.717, 1.165) is 41.7 Å². The molecule has 4 rings (SSSR count). The fourth-order valence-electron chi connectivity index (χ4n) is 6.78. The third kappa shape index (κ3) is 5.85. The average Bonchev–Trinajstić information content (AvgIpc) is 3.48. The minimum atomic E-state index is -1.06. The van der Waals surface area contributed by atoms with Gasteiger partial charge in [0.15, 0.2) is 0 Å².